The number of aliphatic imine (C=N–C) groups is 1. The molecule has 4 heteroatoms. The molecule has 1 saturated heterocycles. The van der Waals surface area contributed by atoms with E-state index in [0.717, 1.165) is 36.8 Å². The van der Waals surface area contributed by atoms with Gasteiger partial charge in [-0.2, -0.15) is 0 Å². The SMILES string of the molecule is CCOC1CC(N=C2NC(C)(CC)CS2)C1. The van der Waals surface area contributed by atoms with Crippen LogP contribution < -0.4 is 5.32 Å². The maximum Gasteiger partial charge on any atom is 0.157 e. The predicted molar refractivity (Wildman–Crippen MR) is 70.2 cm³/mol. The van der Waals surface area contributed by atoms with Crippen LogP contribution in [0.2, 0.25) is 0 Å². The van der Waals surface area contributed by atoms with Crippen molar-refractivity contribution in [3.8, 4) is 0 Å². The zero-order valence-corrected chi connectivity index (χ0v) is 11.3. The topological polar surface area (TPSA) is 33.6 Å². The first-order chi connectivity index (χ1) is 7.65. The van der Waals surface area contributed by atoms with Gasteiger partial charge in [0.2, 0.25) is 0 Å². The highest BCUT2D eigenvalue weighted by molar-refractivity contribution is 8.14. The summed E-state index contributed by atoms with van der Waals surface area (Å²) < 4.78 is 5.54. The van der Waals surface area contributed by atoms with E-state index in [1.807, 2.05) is 11.8 Å². The Morgan fingerprint density at radius 2 is 2.25 bits per heavy atom. The monoisotopic (exact) mass is 242 g/mol. The number of ether oxygens (including phenoxy) is 1. The van der Waals surface area contributed by atoms with E-state index in [9.17, 15) is 0 Å². The molecule has 3 nitrogen and oxygen atoms in total. The van der Waals surface area contributed by atoms with E-state index in [4.69, 9.17) is 9.73 Å². The van der Waals surface area contributed by atoms with Crippen LogP contribution in [0.25, 0.3) is 0 Å². The third-order valence-corrected chi connectivity index (χ3v) is 4.75. The second-order valence-corrected chi connectivity index (χ2v) is 5.93. The lowest BCUT2D eigenvalue weighted by Gasteiger charge is -2.32. The molecule has 92 valence electrons. The normalized spacial score (nSPS) is 40.8. The lowest BCUT2D eigenvalue weighted by molar-refractivity contribution is -0.000688. The van der Waals surface area contributed by atoms with Crippen molar-refractivity contribution in [1.29, 1.82) is 0 Å². The Morgan fingerprint density at radius 1 is 1.50 bits per heavy atom. The van der Waals surface area contributed by atoms with E-state index in [2.05, 4.69) is 26.1 Å². The summed E-state index contributed by atoms with van der Waals surface area (Å²) in [6, 6.07) is 0.491. The maximum atomic E-state index is 5.54. The molecular weight excluding hydrogens is 220 g/mol. The van der Waals surface area contributed by atoms with Crippen LogP contribution in [0.3, 0.4) is 0 Å². The molecule has 2 aliphatic rings. The lowest BCUT2D eigenvalue weighted by Crippen LogP contribution is -2.41. The molecule has 2 rings (SSSR count). The second kappa shape index (κ2) is 4.96. The average Bonchev–Trinajstić information content (AvgIpc) is 2.58. The summed E-state index contributed by atoms with van der Waals surface area (Å²) in [5, 5.41) is 4.68. The molecule has 1 N–H and O–H groups in total. The van der Waals surface area contributed by atoms with Crippen molar-refractivity contribution in [1.82, 2.24) is 5.32 Å². The Labute approximate surface area is 102 Å². The van der Waals surface area contributed by atoms with Crippen LogP contribution in [0.15, 0.2) is 4.99 Å². The molecule has 1 heterocycles. The molecule has 0 aromatic carbocycles. The quantitative estimate of drug-likeness (QED) is 0.822. The molecule has 0 radical (unpaired) electrons. The van der Waals surface area contributed by atoms with Gasteiger partial charge in [-0.1, -0.05) is 18.7 Å². The van der Waals surface area contributed by atoms with Gasteiger partial charge in [-0.3, -0.25) is 4.99 Å². The first-order valence-electron chi connectivity index (χ1n) is 6.25. The van der Waals surface area contributed by atoms with Gasteiger partial charge in [-0.25, -0.2) is 0 Å². The van der Waals surface area contributed by atoms with Crippen molar-refractivity contribution in [3.05, 3.63) is 0 Å². The van der Waals surface area contributed by atoms with Gasteiger partial charge in [0.1, 0.15) is 0 Å². The predicted octanol–water partition coefficient (Wildman–Crippen LogP) is 2.42. The summed E-state index contributed by atoms with van der Waals surface area (Å²) in [6.45, 7) is 7.38. The molecule has 0 aromatic rings. The summed E-state index contributed by atoms with van der Waals surface area (Å²) in [4.78, 5) is 4.75. The van der Waals surface area contributed by atoms with Gasteiger partial charge in [-0.15, -0.1) is 0 Å². The fraction of sp³-hybridized carbons (Fsp3) is 0.917. The molecule has 0 spiro atoms. The van der Waals surface area contributed by atoms with Crippen LogP contribution in [-0.4, -0.2) is 35.2 Å². The van der Waals surface area contributed by atoms with Gasteiger partial charge in [0.05, 0.1) is 12.1 Å². The highest BCUT2D eigenvalue weighted by Crippen LogP contribution is 2.30. The van der Waals surface area contributed by atoms with Crippen molar-refractivity contribution >= 4 is 16.9 Å². The number of hydrogen-bond donors (Lipinski definition) is 1. The summed E-state index contributed by atoms with van der Waals surface area (Å²) in [5.41, 5.74) is 0.257. The minimum Gasteiger partial charge on any atom is -0.378 e. The van der Waals surface area contributed by atoms with E-state index in [0.29, 0.717) is 12.1 Å². The van der Waals surface area contributed by atoms with Gasteiger partial charge in [0.25, 0.3) is 0 Å². The van der Waals surface area contributed by atoms with Crippen LogP contribution in [0, 0.1) is 0 Å². The molecule has 0 amide bonds. The molecule has 2 fully saturated rings. The first-order valence-corrected chi connectivity index (χ1v) is 7.24. The molecule has 0 bridgehead atoms. The standard InChI is InChI=1S/C12H22N2OS/c1-4-12(3)8-16-11(14-12)13-9-6-10(7-9)15-5-2/h9-10H,4-8H2,1-3H3,(H,13,14). The lowest BCUT2D eigenvalue weighted by atomic mass is 9.90. The van der Waals surface area contributed by atoms with Crippen LogP contribution in [0.5, 0.6) is 0 Å². The molecule has 1 unspecified atom stereocenters. The van der Waals surface area contributed by atoms with E-state index in [1.165, 1.54) is 0 Å². The van der Waals surface area contributed by atoms with Gasteiger partial charge >= 0.3 is 0 Å². The first kappa shape index (κ1) is 12.2. The Hall–Kier alpha value is -0.220. The number of nitrogens with one attached hydrogen (secondary N) is 1. The maximum absolute atomic E-state index is 5.54. The molecule has 1 aliphatic heterocycles. The molecular formula is C12H22N2OS. The summed E-state index contributed by atoms with van der Waals surface area (Å²) in [5.74, 6) is 1.14. The number of hydrogen-bond acceptors (Lipinski definition) is 3. The van der Waals surface area contributed by atoms with Gasteiger partial charge in [0, 0.05) is 17.9 Å². The highest BCUT2D eigenvalue weighted by atomic mass is 32.2. The van der Waals surface area contributed by atoms with E-state index >= 15 is 0 Å². The van der Waals surface area contributed by atoms with Gasteiger partial charge < -0.3 is 10.1 Å². The van der Waals surface area contributed by atoms with Gasteiger partial charge in [0.15, 0.2) is 5.17 Å². The minimum atomic E-state index is 0.257. The van der Waals surface area contributed by atoms with E-state index in [-0.39, 0.29) is 5.54 Å². The van der Waals surface area contributed by atoms with Crippen molar-refractivity contribution < 1.29 is 4.74 Å². The Kier molecular flexibility index (Phi) is 3.80. The number of rotatable bonds is 4. The smallest absolute Gasteiger partial charge is 0.157 e. The Balaban J connectivity index is 1.78. The Bertz CT molecular complexity index is 276. The fourth-order valence-corrected chi connectivity index (χ4v) is 3.27. The van der Waals surface area contributed by atoms with Crippen molar-refractivity contribution in [2.45, 2.75) is 57.7 Å². The number of thioether (sulfide) groups is 1. The summed E-state index contributed by atoms with van der Waals surface area (Å²) >= 11 is 1.86. The molecule has 1 atom stereocenters. The summed E-state index contributed by atoms with van der Waals surface area (Å²) in [6.07, 6.45) is 3.82. The molecule has 16 heavy (non-hydrogen) atoms. The molecule has 1 saturated carbocycles. The summed E-state index contributed by atoms with van der Waals surface area (Å²) in [7, 11) is 0. The molecule has 1 aliphatic carbocycles. The largest absolute Gasteiger partial charge is 0.378 e. The van der Waals surface area contributed by atoms with Crippen LogP contribution in [-0.2, 0) is 4.74 Å². The average molecular weight is 242 g/mol. The zero-order chi connectivity index (χ0) is 11.6. The van der Waals surface area contributed by atoms with Crippen molar-refractivity contribution in [2.75, 3.05) is 12.4 Å². The minimum absolute atomic E-state index is 0.257. The second-order valence-electron chi connectivity index (χ2n) is 4.96. The van der Waals surface area contributed by atoms with Gasteiger partial charge in [-0.05, 0) is 33.1 Å². The fourth-order valence-electron chi connectivity index (χ4n) is 2.00. The number of nitrogens with zero attached hydrogens (tertiary/aromatic N) is 1. The zero-order valence-electron chi connectivity index (χ0n) is 10.5. The van der Waals surface area contributed by atoms with Crippen molar-refractivity contribution in [2.24, 2.45) is 4.99 Å². The van der Waals surface area contributed by atoms with E-state index < -0.39 is 0 Å². The third kappa shape index (κ3) is 2.72. The van der Waals surface area contributed by atoms with Crippen LogP contribution >= 0.6 is 11.8 Å². The van der Waals surface area contributed by atoms with E-state index in [1.54, 1.807) is 0 Å². The third-order valence-electron chi connectivity index (χ3n) is 3.49. The van der Waals surface area contributed by atoms with Crippen molar-refractivity contribution in [3.63, 3.8) is 0 Å². The Morgan fingerprint density at radius 3 is 2.81 bits per heavy atom. The molecule has 0 aromatic heterocycles. The van der Waals surface area contributed by atoms with Crippen LogP contribution in [0.4, 0.5) is 0 Å². The van der Waals surface area contributed by atoms with Crippen LogP contribution in [0.1, 0.15) is 40.0 Å². The highest BCUT2D eigenvalue weighted by Gasteiger charge is 2.34. The number of amidine groups is 1.